The van der Waals surface area contributed by atoms with E-state index in [0.717, 1.165) is 5.56 Å². The van der Waals surface area contributed by atoms with Gasteiger partial charge in [0.15, 0.2) is 11.5 Å². The Labute approximate surface area is 125 Å². The molecule has 0 unspecified atom stereocenters. The van der Waals surface area contributed by atoms with Crippen molar-refractivity contribution < 1.29 is 18.6 Å². The molecule has 0 aliphatic heterocycles. The summed E-state index contributed by atoms with van der Waals surface area (Å²) in [5.41, 5.74) is 0.902. The summed E-state index contributed by atoms with van der Waals surface area (Å²) < 4.78 is 29.8. The molecule has 0 saturated heterocycles. The molecule has 106 valence electrons. The number of hydrogen-bond donors (Lipinski definition) is 0. The van der Waals surface area contributed by atoms with Crippen molar-refractivity contribution in [1.82, 2.24) is 0 Å². The van der Waals surface area contributed by atoms with Crippen LogP contribution in [0.4, 0.5) is 4.39 Å². The van der Waals surface area contributed by atoms with E-state index in [0.29, 0.717) is 28.3 Å². The smallest absolute Gasteiger partial charge is 0.161 e. The van der Waals surface area contributed by atoms with Crippen molar-refractivity contribution in [1.29, 1.82) is 0 Å². The van der Waals surface area contributed by atoms with Crippen molar-refractivity contribution >= 4 is 15.9 Å². The van der Waals surface area contributed by atoms with Gasteiger partial charge in [0.2, 0.25) is 0 Å². The molecule has 0 aliphatic rings. The number of hydrogen-bond acceptors (Lipinski definition) is 3. The van der Waals surface area contributed by atoms with Gasteiger partial charge in [-0.25, -0.2) is 4.39 Å². The van der Waals surface area contributed by atoms with Crippen molar-refractivity contribution in [2.24, 2.45) is 0 Å². The topological polar surface area (TPSA) is 27.7 Å². The summed E-state index contributed by atoms with van der Waals surface area (Å²) in [4.78, 5) is 0. The third kappa shape index (κ3) is 3.42. The maximum absolute atomic E-state index is 13.2. The van der Waals surface area contributed by atoms with Crippen LogP contribution in [-0.2, 0) is 6.61 Å². The van der Waals surface area contributed by atoms with Crippen LogP contribution in [0.25, 0.3) is 0 Å². The molecule has 0 spiro atoms. The first-order chi connectivity index (χ1) is 9.63. The van der Waals surface area contributed by atoms with E-state index >= 15 is 0 Å². The summed E-state index contributed by atoms with van der Waals surface area (Å²) in [7, 11) is 3.16. The Balaban J connectivity index is 2.12. The van der Waals surface area contributed by atoms with Crippen molar-refractivity contribution in [3.05, 3.63) is 52.3 Å². The Kier molecular flexibility index (Phi) is 4.84. The molecule has 0 amide bonds. The van der Waals surface area contributed by atoms with Crippen molar-refractivity contribution in [2.75, 3.05) is 14.2 Å². The minimum absolute atomic E-state index is 0.308. The Bertz CT molecular complexity index is 602. The Morgan fingerprint density at radius 3 is 2.40 bits per heavy atom. The molecule has 5 heteroatoms. The maximum Gasteiger partial charge on any atom is 0.161 e. The second kappa shape index (κ2) is 6.61. The van der Waals surface area contributed by atoms with Gasteiger partial charge in [-0.3, -0.25) is 0 Å². The van der Waals surface area contributed by atoms with Crippen LogP contribution < -0.4 is 14.2 Å². The molecule has 0 heterocycles. The molecular weight excluding hydrogens is 327 g/mol. The lowest BCUT2D eigenvalue weighted by molar-refractivity contribution is 0.300. The first-order valence-electron chi connectivity index (χ1n) is 5.93. The van der Waals surface area contributed by atoms with Gasteiger partial charge in [0, 0.05) is 6.07 Å². The lowest BCUT2D eigenvalue weighted by atomic mass is 10.2. The quantitative estimate of drug-likeness (QED) is 0.816. The molecule has 20 heavy (non-hydrogen) atoms. The normalized spacial score (nSPS) is 10.2. The van der Waals surface area contributed by atoms with Gasteiger partial charge in [0.25, 0.3) is 0 Å². The van der Waals surface area contributed by atoms with Crippen LogP contribution >= 0.6 is 15.9 Å². The molecule has 0 aromatic heterocycles. The van der Waals surface area contributed by atoms with Gasteiger partial charge in [0.1, 0.15) is 18.2 Å². The molecule has 0 fully saturated rings. The fourth-order valence-electron chi connectivity index (χ4n) is 1.72. The second-order valence-electron chi connectivity index (χ2n) is 4.05. The predicted molar refractivity (Wildman–Crippen MR) is 78.0 cm³/mol. The second-order valence-corrected chi connectivity index (χ2v) is 4.91. The first-order valence-corrected chi connectivity index (χ1v) is 6.72. The van der Waals surface area contributed by atoms with Crippen LogP contribution in [0, 0.1) is 5.82 Å². The zero-order chi connectivity index (χ0) is 14.5. The lowest BCUT2D eigenvalue weighted by Gasteiger charge is -2.11. The molecule has 2 aromatic carbocycles. The van der Waals surface area contributed by atoms with E-state index in [2.05, 4.69) is 15.9 Å². The number of methoxy groups -OCH3 is 2. The molecular formula is C15H14BrFO3. The van der Waals surface area contributed by atoms with E-state index < -0.39 is 0 Å². The zero-order valence-corrected chi connectivity index (χ0v) is 12.7. The van der Waals surface area contributed by atoms with E-state index in [1.54, 1.807) is 26.4 Å². The van der Waals surface area contributed by atoms with Crippen LogP contribution in [0.3, 0.4) is 0 Å². The molecule has 3 nitrogen and oxygen atoms in total. The summed E-state index contributed by atoms with van der Waals surface area (Å²) in [6.07, 6.45) is 0. The first kappa shape index (κ1) is 14.7. The highest BCUT2D eigenvalue weighted by atomic mass is 79.9. The van der Waals surface area contributed by atoms with E-state index in [9.17, 15) is 4.39 Å². The molecule has 0 N–H and O–H groups in total. The fourth-order valence-corrected chi connectivity index (χ4v) is 2.08. The lowest BCUT2D eigenvalue weighted by Crippen LogP contribution is -1.98. The number of halogens is 2. The van der Waals surface area contributed by atoms with Crippen molar-refractivity contribution in [2.45, 2.75) is 6.61 Å². The van der Waals surface area contributed by atoms with Crippen LogP contribution in [0.1, 0.15) is 5.56 Å². The van der Waals surface area contributed by atoms with Crippen LogP contribution in [-0.4, -0.2) is 14.2 Å². The van der Waals surface area contributed by atoms with E-state index in [1.807, 2.05) is 12.1 Å². The maximum atomic E-state index is 13.2. The Morgan fingerprint density at radius 1 is 0.950 bits per heavy atom. The van der Waals surface area contributed by atoms with E-state index in [-0.39, 0.29) is 5.82 Å². The summed E-state index contributed by atoms with van der Waals surface area (Å²) in [5.74, 6) is 1.41. The molecule has 0 radical (unpaired) electrons. The molecule has 2 aromatic rings. The zero-order valence-electron chi connectivity index (χ0n) is 11.2. The van der Waals surface area contributed by atoms with Gasteiger partial charge in [-0.05, 0) is 45.8 Å². The van der Waals surface area contributed by atoms with Gasteiger partial charge in [-0.2, -0.15) is 0 Å². The fraction of sp³-hybridized carbons (Fsp3) is 0.200. The van der Waals surface area contributed by atoms with Gasteiger partial charge in [-0.15, -0.1) is 0 Å². The van der Waals surface area contributed by atoms with Crippen LogP contribution in [0.5, 0.6) is 17.2 Å². The summed E-state index contributed by atoms with van der Waals surface area (Å²) in [5, 5.41) is 0. The van der Waals surface area contributed by atoms with Crippen LogP contribution in [0.2, 0.25) is 0 Å². The highest BCUT2D eigenvalue weighted by Crippen LogP contribution is 2.29. The molecule has 0 atom stereocenters. The third-order valence-corrected chi connectivity index (χ3v) is 3.39. The Morgan fingerprint density at radius 2 is 1.70 bits per heavy atom. The monoisotopic (exact) mass is 340 g/mol. The summed E-state index contributed by atoms with van der Waals surface area (Å²) >= 11 is 3.32. The minimum atomic E-state index is -0.337. The number of ether oxygens (including phenoxy) is 3. The minimum Gasteiger partial charge on any atom is -0.493 e. The third-order valence-electron chi connectivity index (χ3n) is 2.74. The summed E-state index contributed by atoms with van der Waals surface area (Å²) in [6.45, 7) is 0.308. The largest absolute Gasteiger partial charge is 0.493 e. The van der Waals surface area contributed by atoms with E-state index in [4.69, 9.17) is 14.2 Å². The SMILES string of the molecule is COc1ccc(COc2cc(F)ccc2Br)cc1OC. The number of rotatable bonds is 5. The van der Waals surface area contributed by atoms with Gasteiger partial charge >= 0.3 is 0 Å². The molecule has 2 rings (SSSR count). The van der Waals surface area contributed by atoms with Crippen LogP contribution in [0.15, 0.2) is 40.9 Å². The summed E-state index contributed by atoms with van der Waals surface area (Å²) in [6, 6.07) is 9.82. The molecule has 0 aliphatic carbocycles. The van der Waals surface area contributed by atoms with Gasteiger partial charge < -0.3 is 14.2 Å². The van der Waals surface area contributed by atoms with Gasteiger partial charge in [0.05, 0.1) is 18.7 Å². The predicted octanol–water partition coefficient (Wildman–Crippen LogP) is 4.18. The number of benzene rings is 2. The van der Waals surface area contributed by atoms with Crippen molar-refractivity contribution in [3.8, 4) is 17.2 Å². The highest BCUT2D eigenvalue weighted by molar-refractivity contribution is 9.10. The van der Waals surface area contributed by atoms with E-state index in [1.165, 1.54) is 12.1 Å². The Hall–Kier alpha value is -1.75. The molecule has 0 saturated carbocycles. The average Bonchev–Trinajstić information content (AvgIpc) is 2.47. The highest BCUT2D eigenvalue weighted by Gasteiger charge is 2.07. The van der Waals surface area contributed by atoms with Gasteiger partial charge in [-0.1, -0.05) is 6.07 Å². The standard InChI is InChI=1S/C15H14BrFO3/c1-18-13-6-3-10(7-15(13)19-2)9-20-14-8-11(17)4-5-12(14)16/h3-8H,9H2,1-2H3. The molecule has 0 bridgehead atoms. The average molecular weight is 341 g/mol. The van der Waals surface area contributed by atoms with Crippen molar-refractivity contribution in [3.63, 3.8) is 0 Å².